The van der Waals surface area contributed by atoms with Gasteiger partial charge in [0.2, 0.25) is 5.95 Å². The molecule has 1 amide bonds. The van der Waals surface area contributed by atoms with Crippen molar-refractivity contribution in [2.45, 2.75) is 51.3 Å². The van der Waals surface area contributed by atoms with Gasteiger partial charge in [0.1, 0.15) is 11.6 Å². The molecule has 38 heavy (non-hydrogen) atoms. The van der Waals surface area contributed by atoms with Gasteiger partial charge in [-0.2, -0.15) is 0 Å². The molecule has 0 unspecified atom stereocenters. The second-order valence-electron chi connectivity index (χ2n) is 10.3. The third-order valence-electron chi connectivity index (χ3n) is 6.26. The highest BCUT2D eigenvalue weighted by Crippen LogP contribution is 2.26. The maximum Gasteiger partial charge on any atom is 0.421 e. The van der Waals surface area contributed by atoms with Gasteiger partial charge in [-0.05, 0) is 70.0 Å². The molecule has 0 radical (unpaired) electrons. The Balaban J connectivity index is 1.38. The molecular formula is C27H34N6O5. The van der Waals surface area contributed by atoms with Crippen LogP contribution in [0.3, 0.4) is 0 Å². The Morgan fingerprint density at radius 1 is 1.11 bits per heavy atom. The van der Waals surface area contributed by atoms with Gasteiger partial charge in [-0.1, -0.05) is 12.1 Å². The number of anilines is 2. The molecule has 4 rings (SSSR count). The standard InChI is InChI=1S/C27H34N6O5/c1-27(2,3)38-26(37)33-22-7-5-4-6-21(22)31-25(33)30-18-12-14-32(15-13-18)19-10-8-17(9-11-19)23(34)29-16-20(28)24(35)36/h4-11,18,20H,12-16,28H2,1-3H3,(H,29,34)(H,30,31)(H,35,36)/t20-/m0/s1. The maximum atomic E-state index is 13.0. The molecule has 0 spiro atoms. The lowest BCUT2D eigenvalue weighted by atomic mass is 10.0. The van der Waals surface area contributed by atoms with Crippen molar-refractivity contribution in [2.75, 3.05) is 29.9 Å². The van der Waals surface area contributed by atoms with Crippen molar-refractivity contribution in [1.29, 1.82) is 0 Å². The number of nitrogens with one attached hydrogen (secondary N) is 2. The van der Waals surface area contributed by atoms with E-state index in [9.17, 15) is 14.4 Å². The number of aliphatic carboxylic acids is 1. The number of carbonyl (C=O) groups excluding carboxylic acids is 2. The van der Waals surface area contributed by atoms with Gasteiger partial charge in [0.25, 0.3) is 5.91 Å². The molecule has 11 nitrogen and oxygen atoms in total. The van der Waals surface area contributed by atoms with Crippen molar-refractivity contribution in [3.05, 3.63) is 54.1 Å². The van der Waals surface area contributed by atoms with E-state index < -0.39 is 23.7 Å². The zero-order chi connectivity index (χ0) is 27.4. The highest BCUT2D eigenvalue weighted by atomic mass is 16.6. The Bertz CT molecular complexity index is 1310. The number of nitrogens with two attached hydrogens (primary N) is 1. The number of imidazole rings is 1. The first-order valence-corrected chi connectivity index (χ1v) is 12.6. The molecule has 2 aromatic carbocycles. The molecular weight excluding hydrogens is 488 g/mol. The fourth-order valence-electron chi connectivity index (χ4n) is 4.30. The first-order chi connectivity index (χ1) is 18.0. The number of para-hydroxylation sites is 2. The van der Waals surface area contributed by atoms with E-state index in [1.54, 1.807) is 12.1 Å². The van der Waals surface area contributed by atoms with Crippen molar-refractivity contribution >= 4 is 40.6 Å². The predicted molar refractivity (Wildman–Crippen MR) is 145 cm³/mol. The van der Waals surface area contributed by atoms with Crippen LogP contribution in [0, 0.1) is 0 Å². The lowest BCUT2D eigenvalue weighted by molar-refractivity contribution is -0.138. The molecule has 1 atom stereocenters. The van der Waals surface area contributed by atoms with Crippen LogP contribution in [0.5, 0.6) is 0 Å². The third-order valence-corrected chi connectivity index (χ3v) is 6.26. The second-order valence-corrected chi connectivity index (χ2v) is 10.3. The van der Waals surface area contributed by atoms with Crippen molar-refractivity contribution in [1.82, 2.24) is 14.9 Å². The molecule has 0 bridgehead atoms. The normalized spacial score (nSPS) is 15.2. The average molecular weight is 523 g/mol. The minimum atomic E-state index is -1.17. The number of fused-ring (bicyclic) bond motifs is 1. The fraction of sp³-hybridized carbons (Fsp3) is 0.407. The zero-order valence-electron chi connectivity index (χ0n) is 21.8. The van der Waals surface area contributed by atoms with Crippen LogP contribution in [-0.4, -0.2) is 69.9 Å². The van der Waals surface area contributed by atoms with E-state index in [4.69, 9.17) is 15.6 Å². The van der Waals surface area contributed by atoms with Crippen molar-refractivity contribution in [3.8, 4) is 0 Å². The van der Waals surface area contributed by atoms with Crippen LogP contribution < -0.4 is 21.3 Å². The Labute approximate surface area is 221 Å². The van der Waals surface area contributed by atoms with Crippen molar-refractivity contribution in [3.63, 3.8) is 0 Å². The van der Waals surface area contributed by atoms with E-state index in [-0.39, 0.29) is 18.5 Å². The predicted octanol–water partition coefficient (Wildman–Crippen LogP) is 3.04. The third kappa shape index (κ3) is 6.41. The van der Waals surface area contributed by atoms with E-state index in [2.05, 4.69) is 20.5 Å². The first-order valence-electron chi connectivity index (χ1n) is 12.6. The summed E-state index contributed by atoms with van der Waals surface area (Å²) in [7, 11) is 0. The Morgan fingerprint density at radius 3 is 2.39 bits per heavy atom. The van der Waals surface area contributed by atoms with E-state index in [1.807, 2.05) is 57.2 Å². The minimum absolute atomic E-state index is 0.118. The summed E-state index contributed by atoms with van der Waals surface area (Å²) in [6.45, 7) is 6.92. The molecule has 1 aromatic heterocycles. The number of benzene rings is 2. The SMILES string of the molecule is CC(C)(C)OC(=O)n1c(NC2CCN(c3ccc(C(=O)NC[C@H](N)C(=O)O)cc3)CC2)nc2ccccc21. The van der Waals surface area contributed by atoms with E-state index in [0.29, 0.717) is 22.5 Å². The summed E-state index contributed by atoms with van der Waals surface area (Å²) in [5.41, 5.74) is 7.63. The van der Waals surface area contributed by atoms with E-state index in [1.165, 1.54) is 4.57 Å². The molecule has 1 aliphatic rings. The number of amides is 1. The van der Waals surface area contributed by atoms with Crippen LogP contribution >= 0.6 is 0 Å². The van der Waals surface area contributed by atoms with E-state index in [0.717, 1.165) is 31.6 Å². The van der Waals surface area contributed by atoms with Crippen molar-refractivity contribution in [2.24, 2.45) is 5.73 Å². The highest BCUT2D eigenvalue weighted by Gasteiger charge is 2.26. The number of carboxylic acid groups (broad SMARTS) is 1. The molecule has 3 aromatic rings. The van der Waals surface area contributed by atoms with Gasteiger partial charge in [-0.15, -0.1) is 0 Å². The van der Waals surface area contributed by atoms with E-state index >= 15 is 0 Å². The Hall–Kier alpha value is -4.12. The summed E-state index contributed by atoms with van der Waals surface area (Å²) in [4.78, 5) is 43.0. The first kappa shape index (κ1) is 26.9. The topological polar surface area (TPSA) is 152 Å². The lowest BCUT2D eigenvalue weighted by Gasteiger charge is -2.34. The Kier molecular flexibility index (Phi) is 7.86. The molecule has 1 fully saturated rings. The summed E-state index contributed by atoms with van der Waals surface area (Å²) in [5, 5.41) is 14.8. The summed E-state index contributed by atoms with van der Waals surface area (Å²) in [6, 6.07) is 13.6. The molecule has 1 aliphatic heterocycles. The smallest absolute Gasteiger partial charge is 0.421 e. The van der Waals surface area contributed by atoms with Crippen LogP contribution in [-0.2, 0) is 9.53 Å². The number of hydrogen-bond donors (Lipinski definition) is 4. The molecule has 0 saturated carbocycles. The van der Waals surface area contributed by atoms with Crippen LogP contribution in [0.15, 0.2) is 48.5 Å². The van der Waals surface area contributed by atoms with Gasteiger partial charge in [0.15, 0.2) is 0 Å². The number of carboxylic acids is 1. The molecule has 0 aliphatic carbocycles. The molecule has 5 N–H and O–H groups in total. The lowest BCUT2D eigenvalue weighted by Crippen LogP contribution is -2.42. The second kappa shape index (κ2) is 11.1. The molecule has 2 heterocycles. The Morgan fingerprint density at radius 2 is 1.76 bits per heavy atom. The number of nitrogens with zero attached hydrogens (tertiary/aromatic N) is 3. The quantitative estimate of drug-likeness (QED) is 0.367. The zero-order valence-corrected chi connectivity index (χ0v) is 21.8. The summed E-state index contributed by atoms with van der Waals surface area (Å²) in [5.74, 6) is -1.07. The average Bonchev–Trinajstić information content (AvgIpc) is 3.24. The molecule has 11 heteroatoms. The number of rotatable bonds is 7. The highest BCUT2D eigenvalue weighted by molar-refractivity contribution is 5.95. The van der Waals surface area contributed by atoms with Crippen LogP contribution in [0.2, 0.25) is 0 Å². The number of piperidine rings is 1. The van der Waals surface area contributed by atoms with Gasteiger partial charge >= 0.3 is 12.1 Å². The molecule has 202 valence electrons. The van der Waals surface area contributed by atoms with Crippen LogP contribution in [0.1, 0.15) is 44.0 Å². The van der Waals surface area contributed by atoms with Gasteiger partial charge in [-0.3, -0.25) is 9.59 Å². The monoisotopic (exact) mass is 522 g/mol. The summed E-state index contributed by atoms with van der Waals surface area (Å²) < 4.78 is 7.13. The van der Waals surface area contributed by atoms with Gasteiger partial charge in [0.05, 0.1) is 11.0 Å². The number of ether oxygens (including phenoxy) is 1. The van der Waals surface area contributed by atoms with Crippen molar-refractivity contribution < 1.29 is 24.2 Å². The maximum absolute atomic E-state index is 13.0. The van der Waals surface area contributed by atoms with Gasteiger partial charge in [-0.25, -0.2) is 14.3 Å². The van der Waals surface area contributed by atoms with Crippen LogP contribution in [0.4, 0.5) is 16.4 Å². The minimum Gasteiger partial charge on any atom is -0.480 e. The van der Waals surface area contributed by atoms with Gasteiger partial charge < -0.3 is 31.1 Å². The largest absolute Gasteiger partial charge is 0.480 e. The number of aromatic nitrogens is 2. The summed E-state index contributed by atoms with van der Waals surface area (Å²) >= 11 is 0. The number of carbonyl (C=O) groups is 3. The fourth-order valence-corrected chi connectivity index (χ4v) is 4.30. The van der Waals surface area contributed by atoms with Crippen LogP contribution in [0.25, 0.3) is 11.0 Å². The number of hydrogen-bond acceptors (Lipinski definition) is 8. The summed E-state index contributed by atoms with van der Waals surface area (Å²) in [6.07, 6.45) is 1.18. The van der Waals surface area contributed by atoms with Gasteiger partial charge in [0, 0.05) is 36.9 Å². The molecule has 1 saturated heterocycles.